The van der Waals surface area contributed by atoms with E-state index in [9.17, 15) is 0 Å². The summed E-state index contributed by atoms with van der Waals surface area (Å²) >= 11 is 0. The molecular weight excluding hydrogens is 220 g/mol. The van der Waals surface area contributed by atoms with Gasteiger partial charge in [-0.2, -0.15) is 0 Å². The van der Waals surface area contributed by atoms with Crippen molar-refractivity contribution in [2.45, 2.75) is 51.6 Å². The van der Waals surface area contributed by atoms with Crippen molar-refractivity contribution in [2.24, 2.45) is 11.8 Å². The molecular formula is C16H24N2. The molecule has 2 heteroatoms. The van der Waals surface area contributed by atoms with Crippen molar-refractivity contribution in [3.8, 4) is 0 Å². The van der Waals surface area contributed by atoms with Gasteiger partial charge < -0.3 is 5.01 Å². The van der Waals surface area contributed by atoms with Crippen LogP contribution in [0.3, 0.4) is 0 Å². The summed E-state index contributed by atoms with van der Waals surface area (Å²) in [6, 6.07) is 11.4. The molecule has 0 spiro atoms. The molecule has 0 aromatic heterocycles. The first-order valence-corrected chi connectivity index (χ1v) is 7.20. The summed E-state index contributed by atoms with van der Waals surface area (Å²) in [5.41, 5.74) is 5.27. The van der Waals surface area contributed by atoms with Gasteiger partial charge in [0.05, 0.1) is 11.2 Å². The van der Waals surface area contributed by atoms with Crippen LogP contribution < -0.4 is 10.4 Å². The number of nitrogens with one attached hydrogen (secondary N) is 1. The highest BCUT2D eigenvalue weighted by atomic mass is 15.6. The van der Waals surface area contributed by atoms with Crippen LogP contribution in [0.15, 0.2) is 30.3 Å². The predicted molar refractivity (Wildman–Crippen MR) is 76.4 cm³/mol. The van der Waals surface area contributed by atoms with Crippen LogP contribution in [0.2, 0.25) is 0 Å². The van der Waals surface area contributed by atoms with Crippen LogP contribution in [-0.4, -0.2) is 11.6 Å². The third-order valence-corrected chi connectivity index (χ3v) is 4.91. The van der Waals surface area contributed by atoms with Crippen LogP contribution in [0.4, 0.5) is 5.69 Å². The minimum absolute atomic E-state index is 0.214. The number of hydrazine groups is 1. The van der Waals surface area contributed by atoms with E-state index in [0.717, 1.165) is 11.8 Å². The summed E-state index contributed by atoms with van der Waals surface area (Å²) in [5, 5.41) is 2.40. The second-order valence-electron chi connectivity index (χ2n) is 6.58. The second kappa shape index (κ2) is 4.27. The van der Waals surface area contributed by atoms with Crippen LogP contribution in [0, 0.1) is 11.8 Å². The number of anilines is 1. The number of fused-ring (bicyclic) bond motifs is 1. The van der Waals surface area contributed by atoms with Gasteiger partial charge in [-0.25, -0.2) is 5.43 Å². The lowest BCUT2D eigenvalue weighted by molar-refractivity contribution is 0.219. The lowest BCUT2D eigenvalue weighted by atomic mass is 9.72. The van der Waals surface area contributed by atoms with Crippen LogP contribution in [0.5, 0.6) is 0 Å². The van der Waals surface area contributed by atoms with Crippen LogP contribution in [0.25, 0.3) is 0 Å². The maximum Gasteiger partial charge on any atom is 0.0551 e. The summed E-state index contributed by atoms with van der Waals surface area (Å²) < 4.78 is 0. The van der Waals surface area contributed by atoms with Gasteiger partial charge in [0.25, 0.3) is 0 Å². The molecule has 1 saturated carbocycles. The molecule has 2 fully saturated rings. The molecule has 98 valence electrons. The Bertz CT molecular complexity index is 412. The van der Waals surface area contributed by atoms with Gasteiger partial charge in [0.2, 0.25) is 0 Å². The third kappa shape index (κ3) is 1.83. The van der Waals surface area contributed by atoms with Crippen molar-refractivity contribution in [2.75, 3.05) is 5.01 Å². The van der Waals surface area contributed by atoms with Crippen molar-refractivity contribution in [3.63, 3.8) is 0 Å². The van der Waals surface area contributed by atoms with Gasteiger partial charge >= 0.3 is 0 Å². The first-order chi connectivity index (χ1) is 8.59. The zero-order valence-corrected chi connectivity index (χ0v) is 11.7. The Kier molecular flexibility index (Phi) is 2.86. The van der Waals surface area contributed by atoms with Crippen molar-refractivity contribution < 1.29 is 0 Å². The fourth-order valence-electron chi connectivity index (χ4n) is 3.85. The van der Waals surface area contributed by atoms with E-state index < -0.39 is 0 Å². The van der Waals surface area contributed by atoms with Crippen LogP contribution >= 0.6 is 0 Å². The zero-order valence-electron chi connectivity index (χ0n) is 11.7. The maximum atomic E-state index is 3.76. The van der Waals surface area contributed by atoms with E-state index in [4.69, 9.17) is 0 Å². The van der Waals surface area contributed by atoms with Crippen molar-refractivity contribution in [3.05, 3.63) is 30.3 Å². The van der Waals surface area contributed by atoms with Gasteiger partial charge in [0, 0.05) is 12.0 Å². The van der Waals surface area contributed by atoms with Crippen molar-refractivity contribution in [1.82, 2.24) is 5.43 Å². The van der Waals surface area contributed by atoms with Gasteiger partial charge in [0.1, 0.15) is 0 Å². The smallest absolute Gasteiger partial charge is 0.0551 e. The van der Waals surface area contributed by atoms with E-state index in [1.807, 2.05) is 0 Å². The minimum Gasteiger partial charge on any atom is -0.302 e. The highest BCUT2D eigenvalue weighted by Crippen LogP contribution is 2.44. The SMILES string of the molecule is C[C@@H]1CC[C@@H]2[C@@H](C1)NN(c1ccccc1)C2(C)C. The number of hydrogen-bond acceptors (Lipinski definition) is 2. The van der Waals surface area contributed by atoms with Gasteiger partial charge in [-0.15, -0.1) is 0 Å². The molecule has 1 aliphatic carbocycles. The van der Waals surface area contributed by atoms with Crippen molar-refractivity contribution in [1.29, 1.82) is 0 Å². The number of nitrogens with zero attached hydrogens (tertiary/aromatic N) is 1. The maximum absolute atomic E-state index is 3.76. The van der Waals surface area contributed by atoms with E-state index in [1.54, 1.807) is 0 Å². The predicted octanol–water partition coefficient (Wildman–Crippen LogP) is 3.59. The number of para-hydroxylation sites is 1. The first-order valence-electron chi connectivity index (χ1n) is 7.20. The summed E-state index contributed by atoms with van der Waals surface area (Å²) in [6.45, 7) is 7.15. The number of rotatable bonds is 1. The second-order valence-corrected chi connectivity index (χ2v) is 6.58. The highest BCUT2D eigenvalue weighted by Gasteiger charge is 2.49. The van der Waals surface area contributed by atoms with Gasteiger partial charge in [-0.05, 0) is 44.7 Å². The normalized spacial score (nSPS) is 34.4. The Balaban J connectivity index is 1.89. The molecule has 2 aliphatic rings. The van der Waals surface area contributed by atoms with Crippen molar-refractivity contribution >= 4 is 5.69 Å². The van der Waals surface area contributed by atoms with Gasteiger partial charge in [-0.3, -0.25) is 0 Å². The molecule has 1 saturated heterocycles. The summed E-state index contributed by atoms with van der Waals surface area (Å²) in [5.74, 6) is 1.64. The molecule has 1 N–H and O–H groups in total. The Morgan fingerprint density at radius 3 is 2.61 bits per heavy atom. The highest BCUT2D eigenvalue weighted by molar-refractivity contribution is 5.49. The molecule has 0 bridgehead atoms. The Morgan fingerprint density at radius 1 is 1.17 bits per heavy atom. The van der Waals surface area contributed by atoms with Gasteiger partial charge in [-0.1, -0.05) is 31.5 Å². The third-order valence-electron chi connectivity index (χ3n) is 4.91. The molecule has 1 aromatic carbocycles. The molecule has 18 heavy (non-hydrogen) atoms. The van der Waals surface area contributed by atoms with Gasteiger partial charge in [0.15, 0.2) is 0 Å². The molecule has 1 aliphatic heterocycles. The molecule has 1 aromatic rings. The first kappa shape index (κ1) is 12.0. The lowest BCUT2D eigenvalue weighted by Gasteiger charge is -2.38. The fraction of sp³-hybridized carbons (Fsp3) is 0.625. The van der Waals surface area contributed by atoms with E-state index in [2.05, 4.69) is 61.5 Å². The average Bonchev–Trinajstić information content (AvgIpc) is 2.61. The summed E-state index contributed by atoms with van der Waals surface area (Å²) in [7, 11) is 0. The molecule has 3 atom stereocenters. The Morgan fingerprint density at radius 2 is 1.89 bits per heavy atom. The zero-order chi connectivity index (χ0) is 12.8. The monoisotopic (exact) mass is 244 g/mol. The quantitative estimate of drug-likeness (QED) is 0.812. The molecule has 0 amide bonds. The van der Waals surface area contributed by atoms with E-state index >= 15 is 0 Å². The van der Waals surface area contributed by atoms with Crippen LogP contribution in [0.1, 0.15) is 40.0 Å². The summed E-state index contributed by atoms with van der Waals surface area (Å²) in [6.07, 6.45) is 4.06. The lowest BCUT2D eigenvalue weighted by Crippen LogP contribution is -2.46. The average molecular weight is 244 g/mol. The Labute approximate surface area is 110 Å². The van der Waals surface area contributed by atoms with E-state index in [1.165, 1.54) is 24.9 Å². The molecule has 3 rings (SSSR count). The summed E-state index contributed by atoms with van der Waals surface area (Å²) in [4.78, 5) is 0. The largest absolute Gasteiger partial charge is 0.302 e. The fourth-order valence-corrected chi connectivity index (χ4v) is 3.85. The van der Waals surface area contributed by atoms with E-state index in [-0.39, 0.29) is 5.54 Å². The molecule has 2 nitrogen and oxygen atoms in total. The van der Waals surface area contributed by atoms with Crippen LogP contribution in [-0.2, 0) is 0 Å². The molecule has 0 unspecified atom stereocenters. The standard InChI is InChI=1S/C16H24N2/c1-12-9-10-14-15(11-12)17-18(16(14,2)3)13-7-5-4-6-8-13/h4-8,12,14-15,17H,9-11H2,1-3H3/t12-,14-,15-/m1/s1. The molecule has 0 radical (unpaired) electrons. The Hall–Kier alpha value is -1.02. The number of hydrogen-bond donors (Lipinski definition) is 1. The topological polar surface area (TPSA) is 15.3 Å². The molecule has 1 heterocycles. The number of benzene rings is 1. The minimum atomic E-state index is 0.214. The van der Waals surface area contributed by atoms with E-state index in [0.29, 0.717) is 6.04 Å².